The predicted molar refractivity (Wildman–Crippen MR) is 55.6 cm³/mol. The lowest BCUT2D eigenvalue weighted by atomic mass is 10.2. The number of hydrogen-bond acceptors (Lipinski definition) is 3. The summed E-state index contributed by atoms with van der Waals surface area (Å²) in [6.07, 6.45) is 0. The van der Waals surface area contributed by atoms with Gasteiger partial charge < -0.3 is 10.8 Å². The summed E-state index contributed by atoms with van der Waals surface area (Å²) >= 11 is 4.83. The van der Waals surface area contributed by atoms with E-state index in [-0.39, 0.29) is 5.75 Å². The monoisotopic (exact) mass is 243 g/mol. The molecular formula is C8H6BrNOS. The summed E-state index contributed by atoms with van der Waals surface area (Å²) in [6, 6.07) is 5.56. The first kappa shape index (κ1) is 7.89. The summed E-state index contributed by atoms with van der Waals surface area (Å²) < 4.78 is 1.83. The van der Waals surface area contributed by atoms with Gasteiger partial charge in [0.25, 0.3) is 0 Å². The van der Waals surface area contributed by atoms with Gasteiger partial charge in [-0.1, -0.05) is 6.07 Å². The van der Waals surface area contributed by atoms with Gasteiger partial charge in [-0.05, 0) is 33.4 Å². The molecule has 2 nitrogen and oxygen atoms in total. The maximum Gasteiger partial charge on any atom is 0.156 e. The largest absolute Gasteiger partial charge is 0.504 e. The third-order valence-electron chi connectivity index (χ3n) is 1.66. The average Bonchev–Trinajstić information content (AvgIpc) is 2.39. The van der Waals surface area contributed by atoms with Crippen LogP contribution >= 0.6 is 27.3 Å². The van der Waals surface area contributed by atoms with Gasteiger partial charge in [-0.3, -0.25) is 0 Å². The summed E-state index contributed by atoms with van der Waals surface area (Å²) in [7, 11) is 0. The Bertz CT molecular complexity index is 438. The van der Waals surface area contributed by atoms with Crippen molar-refractivity contribution in [2.75, 3.05) is 5.73 Å². The molecule has 12 heavy (non-hydrogen) atoms. The number of thiophene rings is 1. The highest BCUT2D eigenvalue weighted by Gasteiger charge is 2.06. The van der Waals surface area contributed by atoms with Crippen molar-refractivity contribution in [2.24, 2.45) is 0 Å². The van der Waals surface area contributed by atoms with Crippen LogP contribution in [0, 0.1) is 0 Å². The highest BCUT2D eigenvalue weighted by atomic mass is 79.9. The Morgan fingerprint density at radius 2 is 2.17 bits per heavy atom. The minimum absolute atomic E-state index is 0.184. The quantitative estimate of drug-likeness (QED) is 0.552. The van der Waals surface area contributed by atoms with E-state index in [0.29, 0.717) is 5.69 Å². The van der Waals surface area contributed by atoms with Crippen molar-refractivity contribution in [3.63, 3.8) is 0 Å². The van der Waals surface area contributed by atoms with Gasteiger partial charge in [-0.15, -0.1) is 11.3 Å². The van der Waals surface area contributed by atoms with Gasteiger partial charge in [-0.2, -0.15) is 0 Å². The maximum atomic E-state index is 9.54. The first-order chi connectivity index (χ1) is 5.68. The van der Waals surface area contributed by atoms with Crippen LogP contribution in [-0.4, -0.2) is 5.11 Å². The van der Waals surface area contributed by atoms with E-state index in [9.17, 15) is 5.11 Å². The molecular weight excluding hydrogens is 238 g/mol. The predicted octanol–water partition coefficient (Wildman–Crippen LogP) is 2.95. The van der Waals surface area contributed by atoms with E-state index in [0.717, 1.165) is 13.9 Å². The van der Waals surface area contributed by atoms with Crippen LogP contribution in [0.5, 0.6) is 5.75 Å². The number of nitrogen functional groups attached to an aromatic ring is 1. The Labute approximate surface area is 81.8 Å². The highest BCUT2D eigenvalue weighted by molar-refractivity contribution is 9.11. The molecule has 1 aromatic heterocycles. The molecule has 0 amide bonds. The number of hydrogen-bond donors (Lipinski definition) is 2. The third kappa shape index (κ3) is 1.07. The minimum Gasteiger partial charge on any atom is -0.504 e. The number of fused-ring (bicyclic) bond motifs is 1. The van der Waals surface area contributed by atoms with Crippen LogP contribution in [0.3, 0.4) is 0 Å². The summed E-state index contributed by atoms with van der Waals surface area (Å²) in [5, 5.41) is 10.5. The number of nitrogens with two attached hydrogens (primary N) is 1. The molecule has 0 fully saturated rings. The van der Waals surface area contributed by atoms with Gasteiger partial charge in [0.1, 0.15) is 0 Å². The Morgan fingerprint density at radius 3 is 2.92 bits per heavy atom. The zero-order valence-electron chi connectivity index (χ0n) is 6.04. The molecule has 0 atom stereocenters. The van der Waals surface area contributed by atoms with E-state index in [1.54, 1.807) is 6.07 Å². The van der Waals surface area contributed by atoms with Gasteiger partial charge in [0.05, 0.1) is 14.2 Å². The number of halogens is 1. The Hall–Kier alpha value is -0.740. The molecule has 0 spiro atoms. The number of aromatic hydroxyl groups is 1. The molecule has 0 bridgehead atoms. The molecule has 0 radical (unpaired) electrons. The average molecular weight is 244 g/mol. The number of rotatable bonds is 0. The SMILES string of the molecule is Nc1ccc2cc(Br)sc2c1O. The molecule has 2 rings (SSSR count). The first-order valence-corrected chi connectivity index (χ1v) is 4.96. The first-order valence-electron chi connectivity index (χ1n) is 3.35. The minimum atomic E-state index is 0.184. The normalized spacial score (nSPS) is 10.8. The van der Waals surface area contributed by atoms with Crippen LogP contribution in [0.2, 0.25) is 0 Å². The fraction of sp³-hybridized carbons (Fsp3) is 0. The molecule has 1 aromatic carbocycles. The second-order valence-corrected chi connectivity index (χ2v) is 4.90. The van der Waals surface area contributed by atoms with Crippen LogP contribution in [0.4, 0.5) is 5.69 Å². The lowest BCUT2D eigenvalue weighted by Gasteiger charge is -1.97. The van der Waals surface area contributed by atoms with Crippen LogP contribution in [0.1, 0.15) is 0 Å². The van der Waals surface area contributed by atoms with E-state index >= 15 is 0 Å². The van der Waals surface area contributed by atoms with Crippen LogP contribution in [0.25, 0.3) is 10.1 Å². The second kappa shape index (κ2) is 2.64. The molecule has 0 unspecified atom stereocenters. The van der Waals surface area contributed by atoms with Crippen molar-refractivity contribution in [3.05, 3.63) is 22.0 Å². The Balaban J connectivity index is 2.89. The van der Waals surface area contributed by atoms with Gasteiger partial charge in [-0.25, -0.2) is 0 Å². The smallest absolute Gasteiger partial charge is 0.156 e. The van der Waals surface area contributed by atoms with E-state index in [1.165, 1.54) is 11.3 Å². The van der Waals surface area contributed by atoms with Gasteiger partial charge in [0.15, 0.2) is 5.75 Å². The van der Waals surface area contributed by atoms with E-state index < -0.39 is 0 Å². The number of phenols is 1. The molecule has 2 aromatic rings. The highest BCUT2D eigenvalue weighted by Crippen LogP contribution is 2.38. The second-order valence-electron chi connectivity index (χ2n) is 2.47. The molecule has 4 heteroatoms. The van der Waals surface area contributed by atoms with Gasteiger partial charge in [0.2, 0.25) is 0 Å². The van der Waals surface area contributed by atoms with Crippen LogP contribution < -0.4 is 5.73 Å². The molecule has 3 N–H and O–H groups in total. The fourth-order valence-corrected chi connectivity index (χ4v) is 2.64. The van der Waals surface area contributed by atoms with Crippen molar-refractivity contribution in [2.45, 2.75) is 0 Å². The summed E-state index contributed by atoms with van der Waals surface area (Å²) in [5.74, 6) is 0.184. The van der Waals surface area contributed by atoms with E-state index in [1.807, 2.05) is 12.1 Å². The van der Waals surface area contributed by atoms with Crippen molar-refractivity contribution in [1.29, 1.82) is 0 Å². The summed E-state index contributed by atoms with van der Waals surface area (Å²) in [5.41, 5.74) is 5.96. The maximum absolute atomic E-state index is 9.54. The van der Waals surface area contributed by atoms with E-state index in [4.69, 9.17) is 5.73 Å². The van der Waals surface area contributed by atoms with Crippen molar-refractivity contribution < 1.29 is 5.11 Å². The zero-order chi connectivity index (χ0) is 8.72. The fourth-order valence-electron chi connectivity index (χ4n) is 1.07. The number of phenolic OH excluding ortho intramolecular Hbond substituents is 1. The molecule has 0 aliphatic heterocycles. The molecule has 0 aliphatic rings. The van der Waals surface area contributed by atoms with Gasteiger partial charge in [0, 0.05) is 0 Å². The Morgan fingerprint density at radius 1 is 1.42 bits per heavy atom. The third-order valence-corrected chi connectivity index (χ3v) is 3.32. The Kier molecular flexibility index (Phi) is 1.73. The zero-order valence-corrected chi connectivity index (χ0v) is 8.45. The summed E-state index contributed by atoms with van der Waals surface area (Å²) in [6.45, 7) is 0. The molecule has 62 valence electrons. The van der Waals surface area contributed by atoms with E-state index in [2.05, 4.69) is 15.9 Å². The van der Waals surface area contributed by atoms with Crippen LogP contribution in [-0.2, 0) is 0 Å². The van der Waals surface area contributed by atoms with Crippen molar-refractivity contribution in [1.82, 2.24) is 0 Å². The lowest BCUT2D eigenvalue weighted by Crippen LogP contribution is -1.83. The lowest BCUT2D eigenvalue weighted by molar-refractivity contribution is 0.485. The summed E-state index contributed by atoms with van der Waals surface area (Å²) in [4.78, 5) is 0. The van der Waals surface area contributed by atoms with Crippen molar-refractivity contribution >= 4 is 43.0 Å². The molecule has 1 heterocycles. The molecule has 0 saturated carbocycles. The number of benzene rings is 1. The molecule has 0 saturated heterocycles. The topological polar surface area (TPSA) is 46.2 Å². The number of anilines is 1. The van der Waals surface area contributed by atoms with Gasteiger partial charge >= 0.3 is 0 Å². The van der Waals surface area contributed by atoms with Crippen LogP contribution in [0.15, 0.2) is 22.0 Å². The molecule has 0 aliphatic carbocycles. The standard InChI is InChI=1S/C8H6BrNOS/c9-6-3-4-1-2-5(10)7(11)8(4)12-6/h1-3,11H,10H2. The van der Waals surface area contributed by atoms with Crippen molar-refractivity contribution in [3.8, 4) is 5.75 Å².